The molecule has 0 atom stereocenters. The Bertz CT molecular complexity index is 722. The van der Waals surface area contributed by atoms with Gasteiger partial charge in [-0.05, 0) is 12.1 Å². The van der Waals surface area contributed by atoms with Crippen LogP contribution in [0.1, 0.15) is 5.89 Å². The molecular weight excluding hydrogens is 242 g/mol. The Balaban J connectivity index is 2.14. The lowest BCUT2D eigenvalue weighted by molar-refractivity contribution is 0.416. The van der Waals surface area contributed by atoms with E-state index in [1.54, 1.807) is 13.3 Å². The number of benzene rings is 1. The molecule has 2 aromatic heterocycles. The first-order chi connectivity index (χ1) is 9.31. The van der Waals surface area contributed by atoms with E-state index in [0.29, 0.717) is 17.1 Å². The third-order valence-corrected chi connectivity index (χ3v) is 2.88. The number of aromatic nitrogens is 2. The summed E-state index contributed by atoms with van der Waals surface area (Å²) in [5, 5.41) is 0. The summed E-state index contributed by atoms with van der Waals surface area (Å²) in [6.45, 7) is 0.264. The van der Waals surface area contributed by atoms with Crippen molar-refractivity contribution in [2.75, 3.05) is 7.11 Å². The van der Waals surface area contributed by atoms with Gasteiger partial charge < -0.3 is 14.9 Å². The SMILES string of the molecule is COc1ccccc1-c1cnc2nc(CN)oc2c1. The number of rotatable bonds is 3. The van der Waals surface area contributed by atoms with E-state index in [1.807, 2.05) is 30.3 Å². The van der Waals surface area contributed by atoms with Crippen molar-refractivity contribution in [1.29, 1.82) is 0 Å². The first kappa shape index (κ1) is 11.7. The minimum absolute atomic E-state index is 0.264. The second-order valence-electron chi connectivity index (χ2n) is 4.06. The van der Waals surface area contributed by atoms with Crippen LogP contribution in [0.2, 0.25) is 0 Å². The van der Waals surface area contributed by atoms with E-state index in [4.69, 9.17) is 14.9 Å². The molecule has 0 aliphatic carbocycles. The van der Waals surface area contributed by atoms with Crippen molar-refractivity contribution in [3.63, 3.8) is 0 Å². The monoisotopic (exact) mass is 255 g/mol. The number of nitrogens with two attached hydrogens (primary N) is 1. The predicted octanol–water partition coefficient (Wildman–Crippen LogP) is 2.36. The lowest BCUT2D eigenvalue weighted by atomic mass is 10.1. The fourth-order valence-electron chi connectivity index (χ4n) is 1.98. The van der Waals surface area contributed by atoms with Crippen LogP contribution >= 0.6 is 0 Å². The Morgan fingerprint density at radius 1 is 1.32 bits per heavy atom. The molecule has 0 bridgehead atoms. The zero-order valence-corrected chi connectivity index (χ0v) is 10.5. The maximum Gasteiger partial charge on any atom is 0.210 e. The van der Waals surface area contributed by atoms with Gasteiger partial charge in [0.2, 0.25) is 5.89 Å². The Labute approximate surface area is 110 Å². The van der Waals surface area contributed by atoms with Gasteiger partial charge in [-0.25, -0.2) is 4.98 Å². The van der Waals surface area contributed by atoms with E-state index in [1.165, 1.54) is 0 Å². The minimum atomic E-state index is 0.264. The molecule has 0 fully saturated rings. The van der Waals surface area contributed by atoms with Crippen molar-refractivity contribution in [3.8, 4) is 16.9 Å². The van der Waals surface area contributed by atoms with Gasteiger partial charge in [0.1, 0.15) is 5.75 Å². The Hall–Kier alpha value is -2.40. The lowest BCUT2D eigenvalue weighted by Crippen LogP contribution is -1.95. The van der Waals surface area contributed by atoms with Gasteiger partial charge in [-0.15, -0.1) is 0 Å². The molecule has 0 unspecified atom stereocenters. The average Bonchev–Trinajstić information content (AvgIpc) is 2.89. The third-order valence-electron chi connectivity index (χ3n) is 2.88. The van der Waals surface area contributed by atoms with Crippen LogP contribution in [-0.2, 0) is 6.54 Å². The molecule has 2 N–H and O–H groups in total. The molecule has 3 rings (SSSR count). The molecule has 0 amide bonds. The number of methoxy groups -OCH3 is 1. The van der Waals surface area contributed by atoms with Gasteiger partial charge >= 0.3 is 0 Å². The van der Waals surface area contributed by atoms with Crippen molar-refractivity contribution >= 4 is 11.2 Å². The van der Waals surface area contributed by atoms with Crippen LogP contribution in [0.3, 0.4) is 0 Å². The molecule has 0 aliphatic heterocycles. The molecule has 19 heavy (non-hydrogen) atoms. The van der Waals surface area contributed by atoms with E-state index in [0.717, 1.165) is 16.9 Å². The molecule has 3 aromatic rings. The highest BCUT2D eigenvalue weighted by molar-refractivity contribution is 5.78. The van der Waals surface area contributed by atoms with Gasteiger partial charge in [-0.1, -0.05) is 18.2 Å². The number of nitrogens with zero attached hydrogens (tertiary/aromatic N) is 2. The number of hydrogen-bond donors (Lipinski definition) is 1. The minimum Gasteiger partial charge on any atom is -0.496 e. The van der Waals surface area contributed by atoms with E-state index in [2.05, 4.69) is 9.97 Å². The van der Waals surface area contributed by atoms with Crippen molar-refractivity contribution in [3.05, 3.63) is 42.4 Å². The molecule has 0 spiro atoms. The highest BCUT2D eigenvalue weighted by Gasteiger charge is 2.10. The lowest BCUT2D eigenvalue weighted by Gasteiger charge is -2.07. The van der Waals surface area contributed by atoms with Gasteiger partial charge in [0.05, 0.1) is 13.7 Å². The van der Waals surface area contributed by atoms with E-state index < -0.39 is 0 Å². The quantitative estimate of drug-likeness (QED) is 0.777. The van der Waals surface area contributed by atoms with Crippen LogP contribution in [0.4, 0.5) is 0 Å². The van der Waals surface area contributed by atoms with Crippen LogP contribution in [-0.4, -0.2) is 17.1 Å². The third kappa shape index (κ3) is 2.04. The van der Waals surface area contributed by atoms with Gasteiger partial charge in [-0.2, -0.15) is 4.98 Å². The van der Waals surface area contributed by atoms with Crippen molar-refractivity contribution in [2.24, 2.45) is 5.73 Å². The molecular formula is C14H13N3O2. The maximum atomic E-state index is 5.51. The summed E-state index contributed by atoms with van der Waals surface area (Å²) in [5.41, 5.74) is 8.59. The molecule has 0 saturated carbocycles. The van der Waals surface area contributed by atoms with Gasteiger partial charge in [0.15, 0.2) is 11.2 Å². The Morgan fingerprint density at radius 2 is 2.16 bits per heavy atom. The van der Waals surface area contributed by atoms with Gasteiger partial charge in [0, 0.05) is 17.3 Å². The van der Waals surface area contributed by atoms with Gasteiger partial charge in [0.25, 0.3) is 0 Å². The summed E-state index contributed by atoms with van der Waals surface area (Å²) >= 11 is 0. The highest BCUT2D eigenvalue weighted by Crippen LogP contribution is 2.30. The highest BCUT2D eigenvalue weighted by atomic mass is 16.5. The summed E-state index contributed by atoms with van der Waals surface area (Å²) in [5.74, 6) is 1.28. The fourth-order valence-corrected chi connectivity index (χ4v) is 1.98. The normalized spacial score (nSPS) is 10.8. The number of hydrogen-bond acceptors (Lipinski definition) is 5. The molecule has 96 valence electrons. The topological polar surface area (TPSA) is 74.2 Å². The van der Waals surface area contributed by atoms with Crippen LogP contribution in [0.5, 0.6) is 5.75 Å². The zero-order chi connectivity index (χ0) is 13.2. The average molecular weight is 255 g/mol. The van der Waals surface area contributed by atoms with E-state index in [9.17, 15) is 0 Å². The van der Waals surface area contributed by atoms with Crippen LogP contribution in [0, 0.1) is 0 Å². The molecule has 0 aliphatic rings. The van der Waals surface area contributed by atoms with Crippen LogP contribution in [0.25, 0.3) is 22.4 Å². The fraction of sp³-hybridized carbons (Fsp3) is 0.143. The van der Waals surface area contributed by atoms with Crippen LogP contribution in [0.15, 0.2) is 40.9 Å². The standard InChI is InChI=1S/C14H13N3O2/c1-18-11-5-3-2-4-10(11)9-6-12-14(16-8-9)17-13(7-15)19-12/h2-6,8H,7,15H2,1H3. The Morgan fingerprint density at radius 3 is 2.95 bits per heavy atom. The van der Waals surface area contributed by atoms with Crippen molar-refractivity contribution in [1.82, 2.24) is 9.97 Å². The molecule has 2 heterocycles. The maximum absolute atomic E-state index is 5.51. The first-order valence-electron chi connectivity index (χ1n) is 5.90. The zero-order valence-electron chi connectivity index (χ0n) is 10.5. The summed E-state index contributed by atoms with van der Waals surface area (Å²) in [6, 6.07) is 9.66. The Kier molecular flexibility index (Phi) is 2.89. The summed E-state index contributed by atoms with van der Waals surface area (Å²) in [7, 11) is 1.64. The van der Waals surface area contributed by atoms with E-state index >= 15 is 0 Å². The summed E-state index contributed by atoms with van der Waals surface area (Å²) < 4.78 is 10.9. The molecule has 1 aromatic carbocycles. The van der Waals surface area contributed by atoms with Crippen molar-refractivity contribution < 1.29 is 9.15 Å². The summed E-state index contributed by atoms with van der Waals surface area (Å²) in [4.78, 5) is 8.46. The molecule has 0 radical (unpaired) electrons. The molecule has 0 saturated heterocycles. The second kappa shape index (κ2) is 4.70. The number of fused-ring (bicyclic) bond motifs is 1. The second-order valence-corrected chi connectivity index (χ2v) is 4.06. The predicted molar refractivity (Wildman–Crippen MR) is 71.7 cm³/mol. The van der Waals surface area contributed by atoms with Gasteiger partial charge in [-0.3, -0.25) is 0 Å². The number of para-hydroxylation sites is 1. The number of pyridine rings is 1. The number of oxazole rings is 1. The first-order valence-corrected chi connectivity index (χ1v) is 5.90. The van der Waals surface area contributed by atoms with E-state index in [-0.39, 0.29) is 6.54 Å². The molecule has 5 nitrogen and oxygen atoms in total. The van der Waals surface area contributed by atoms with Crippen LogP contribution < -0.4 is 10.5 Å². The largest absolute Gasteiger partial charge is 0.496 e. The smallest absolute Gasteiger partial charge is 0.210 e. The molecule has 5 heteroatoms. The number of ether oxygens (including phenoxy) is 1. The summed E-state index contributed by atoms with van der Waals surface area (Å²) in [6.07, 6.45) is 1.75. The van der Waals surface area contributed by atoms with Crippen molar-refractivity contribution in [2.45, 2.75) is 6.54 Å².